The molecule has 0 unspecified atom stereocenters. The third kappa shape index (κ3) is 6.33. The van der Waals surface area contributed by atoms with Gasteiger partial charge in [0.15, 0.2) is 4.80 Å². The van der Waals surface area contributed by atoms with Gasteiger partial charge in [-0.15, -0.1) is 11.8 Å². The Labute approximate surface area is 189 Å². The number of rotatable bonds is 9. The number of benzene rings is 1. The standard InChI is InChI=1S/C21H27N3O5S2/c1-3-28-15-7-8-16-17(11-15)31-21(24(16)12-20(27)29-4-2)22-18(25)13-30-14-19(26)23-9-5-6-10-23/h7-8,11H,3-6,9-10,12-14H2,1-2H3. The molecular formula is C21H27N3O5S2. The average Bonchev–Trinajstić information content (AvgIpc) is 3.37. The third-order valence-electron chi connectivity index (χ3n) is 4.69. The first kappa shape index (κ1) is 23.3. The minimum absolute atomic E-state index is 0.0332. The van der Waals surface area contributed by atoms with Crippen LogP contribution in [0.3, 0.4) is 0 Å². The smallest absolute Gasteiger partial charge is 0.326 e. The van der Waals surface area contributed by atoms with Gasteiger partial charge in [0.05, 0.1) is 34.9 Å². The number of carbonyl (C=O) groups is 3. The fourth-order valence-corrected chi connectivity index (χ4v) is 5.08. The van der Waals surface area contributed by atoms with Crippen LogP contribution in [-0.2, 0) is 25.7 Å². The molecule has 2 amide bonds. The van der Waals surface area contributed by atoms with Crippen molar-refractivity contribution < 1.29 is 23.9 Å². The molecular weight excluding hydrogens is 438 g/mol. The number of esters is 1. The molecule has 2 aromatic rings. The Kier molecular flexibility index (Phi) is 8.53. The van der Waals surface area contributed by atoms with Gasteiger partial charge in [-0.3, -0.25) is 14.4 Å². The first-order valence-electron chi connectivity index (χ1n) is 10.4. The summed E-state index contributed by atoms with van der Waals surface area (Å²) in [5.74, 6) is 0.432. The van der Waals surface area contributed by atoms with Crippen LogP contribution < -0.4 is 9.54 Å². The van der Waals surface area contributed by atoms with Gasteiger partial charge in [0.25, 0.3) is 5.91 Å². The Morgan fingerprint density at radius 3 is 2.61 bits per heavy atom. The molecule has 8 nitrogen and oxygen atoms in total. The average molecular weight is 466 g/mol. The summed E-state index contributed by atoms with van der Waals surface area (Å²) < 4.78 is 13.2. The van der Waals surface area contributed by atoms with Crippen LogP contribution in [0.15, 0.2) is 23.2 Å². The summed E-state index contributed by atoms with van der Waals surface area (Å²) in [5.41, 5.74) is 0.782. The van der Waals surface area contributed by atoms with E-state index in [1.165, 1.54) is 23.1 Å². The lowest BCUT2D eigenvalue weighted by molar-refractivity contribution is -0.143. The molecule has 0 spiro atoms. The maximum atomic E-state index is 12.5. The van der Waals surface area contributed by atoms with E-state index in [0.717, 1.165) is 36.1 Å². The highest BCUT2D eigenvalue weighted by Gasteiger charge is 2.18. The Bertz CT molecular complexity index is 1010. The van der Waals surface area contributed by atoms with Crippen molar-refractivity contribution in [1.82, 2.24) is 9.47 Å². The second-order valence-corrected chi connectivity index (χ2v) is 8.92. The Morgan fingerprint density at radius 2 is 1.90 bits per heavy atom. The fraction of sp³-hybridized carbons (Fsp3) is 0.524. The second-order valence-electron chi connectivity index (χ2n) is 6.92. The normalized spacial score (nSPS) is 14.3. The number of fused-ring (bicyclic) bond motifs is 1. The van der Waals surface area contributed by atoms with Crippen molar-refractivity contribution in [3.05, 3.63) is 23.0 Å². The summed E-state index contributed by atoms with van der Waals surface area (Å²) in [7, 11) is 0. The molecule has 0 bridgehead atoms. The van der Waals surface area contributed by atoms with E-state index < -0.39 is 5.97 Å². The quantitative estimate of drug-likeness (QED) is 0.529. The molecule has 1 fully saturated rings. The minimum atomic E-state index is -0.393. The zero-order chi connectivity index (χ0) is 22.2. The largest absolute Gasteiger partial charge is 0.494 e. The van der Waals surface area contributed by atoms with Crippen molar-refractivity contribution >= 4 is 51.1 Å². The van der Waals surface area contributed by atoms with Gasteiger partial charge < -0.3 is 18.9 Å². The van der Waals surface area contributed by atoms with Gasteiger partial charge in [0, 0.05) is 13.1 Å². The van der Waals surface area contributed by atoms with E-state index in [-0.39, 0.29) is 36.5 Å². The van der Waals surface area contributed by atoms with Crippen LogP contribution in [0.1, 0.15) is 26.7 Å². The topological polar surface area (TPSA) is 90.2 Å². The zero-order valence-corrected chi connectivity index (χ0v) is 19.4. The molecule has 0 radical (unpaired) electrons. The number of carbonyl (C=O) groups excluding carboxylic acids is 3. The number of thioether (sulfide) groups is 1. The number of likely N-dealkylation sites (tertiary alicyclic amines) is 1. The van der Waals surface area contributed by atoms with Gasteiger partial charge in [-0.25, -0.2) is 0 Å². The first-order chi connectivity index (χ1) is 15.0. The Morgan fingerprint density at radius 1 is 1.13 bits per heavy atom. The molecule has 1 aromatic carbocycles. The highest BCUT2D eigenvalue weighted by molar-refractivity contribution is 8.00. The summed E-state index contributed by atoms with van der Waals surface area (Å²) in [4.78, 5) is 43.2. The van der Waals surface area contributed by atoms with E-state index in [2.05, 4.69) is 4.99 Å². The predicted octanol–water partition coefficient (Wildman–Crippen LogP) is 2.45. The lowest BCUT2D eigenvalue weighted by Crippen LogP contribution is -2.29. The molecule has 168 valence electrons. The SMILES string of the molecule is CCOC(=O)Cn1c(=NC(=O)CSCC(=O)N2CCCC2)sc2cc(OCC)ccc21. The summed E-state index contributed by atoms with van der Waals surface area (Å²) >= 11 is 2.58. The predicted molar refractivity (Wildman–Crippen MR) is 121 cm³/mol. The van der Waals surface area contributed by atoms with Crippen LogP contribution >= 0.6 is 23.1 Å². The highest BCUT2D eigenvalue weighted by Crippen LogP contribution is 2.23. The lowest BCUT2D eigenvalue weighted by atomic mass is 10.3. The molecule has 10 heteroatoms. The molecule has 31 heavy (non-hydrogen) atoms. The lowest BCUT2D eigenvalue weighted by Gasteiger charge is -2.14. The van der Waals surface area contributed by atoms with E-state index in [9.17, 15) is 14.4 Å². The van der Waals surface area contributed by atoms with Gasteiger partial charge in [-0.1, -0.05) is 11.3 Å². The number of hydrogen-bond donors (Lipinski definition) is 0. The maximum absolute atomic E-state index is 12.5. The monoisotopic (exact) mass is 465 g/mol. The summed E-state index contributed by atoms with van der Waals surface area (Å²) in [6.45, 7) is 6.05. The second kappa shape index (κ2) is 11.3. The number of hydrogen-bond acceptors (Lipinski definition) is 7. The van der Waals surface area contributed by atoms with Gasteiger partial charge in [-0.05, 0) is 44.9 Å². The Hall–Kier alpha value is -2.33. The van der Waals surface area contributed by atoms with Crippen molar-refractivity contribution in [2.45, 2.75) is 33.2 Å². The van der Waals surface area contributed by atoms with Crippen LogP contribution in [0, 0.1) is 0 Å². The van der Waals surface area contributed by atoms with Crippen LogP contribution in [-0.4, -0.2) is 65.1 Å². The molecule has 1 aromatic heterocycles. The van der Waals surface area contributed by atoms with Gasteiger partial charge >= 0.3 is 5.97 Å². The van der Waals surface area contributed by atoms with Crippen molar-refractivity contribution in [2.75, 3.05) is 37.8 Å². The van der Waals surface area contributed by atoms with Crippen molar-refractivity contribution in [1.29, 1.82) is 0 Å². The molecule has 0 aliphatic carbocycles. The highest BCUT2D eigenvalue weighted by atomic mass is 32.2. The minimum Gasteiger partial charge on any atom is -0.494 e. The van der Waals surface area contributed by atoms with Crippen molar-refractivity contribution in [3.8, 4) is 5.75 Å². The van der Waals surface area contributed by atoms with E-state index in [4.69, 9.17) is 9.47 Å². The van der Waals surface area contributed by atoms with Crippen LogP contribution in [0.25, 0.3) is 10.2 Å². The van der Waals surface area contributed by atoms with Crippen LogP contribution in [0.4, 0.5) is 0 Å². The van der Waals surface area contributed by atoms with E-state index in [0.29, 0.717) is 17.2 Å². The molecule has 3 rings (SSSR count). The van der Waals surface area contributed by atoms with Crippen molar-refractivity contribution in [2.24, 2.45) is 4.99 Å². The fourth-order valence-electron chi connectivity index (χ4n) is 3.31. The summed E-state index contributed by atoms with van der Waals surface area (Å²) in [5, 5.41) is 0. The zero-order valence-electron chi connectivity index (χ0n) is 17.8. The summed E-state index contributed by atoms with van der Waals surface area (Å²) in [6.07, 6.45) is 2.09. The van der Waals surface area contributed by atoms with Gasteiger partial charge in [0.1, 0.15) is 12.3 Å². The number of amides is 2. The molecule has 1 aliphatic heterocycles. The number of aromatic nitrogens is 1. The maximum Gasteiger partial charge on any atom is 0.326 e. The van der Waals surface area contributed by atoms with Crippen LogP contribution in [0.5, 0.6) is 5.75 Å². The molecule has 2 heterocycles. The third-order valence-corrected chi connectivity index (χ3v) is 6.63. The number of thiazole rings is 1. The van der Waals surface area contributed by atoms with Gasteiger partial charge in [-0.2, -0.15) is 4.99 Å². The van der Waals surface area contributed by atoms with Crippen LogP contribution in [0.2, 0.25) is 0 Å². The van der Waals surface area contributed by atoms with E-state index in [1.807, 2.05) is 30.0 Å². The molecule has 0 N–H and O–H groups in total. The molecule has 1 saturated heterocycles. The number of ether oxygens (including phenoxy) is 2. The van der Waals surface area contributed by atoms with E-state index >= 15 is 0 Å². The first-order valence-corrected chi connectivity index (χ1v) is 12.3. The molecule has 0 saturated carbocycles. The van der Waals surface area contributed by atoms with Gasteiger partial charge in [0.2, 0.25) is 5.91 Å². The number of nitrogens with zero attached hydrogens (tertiary/aromatic N) is 3. The summed E-state index contributed by atoms with van der Waals surface area (Å²) in [6, 6.07) is 5.55. The van der Waals surface area contributed by atoms with E-state index in [1.54, 1.807) is 11.5 Å². The molecule has 1 aliphatic rings. The molecule has 0 atom stereocenters. The van der Waals surface area contributed by atoms with Crippen molar-refractivity contribution in [3.63, 3.8) is 0 Å². The Balaban J connectivity index is 1.77.